The highest BCUT2D eigenvalue weighted by atomic mass is 16.5. The highest BCUT2D eigenvalue weighted by molar-refractivity contribution is 5.48. The van der Waals surface area contributed by atoms with Crippen molar-refractivity contribution in [1.82, 2.24) is 9.97 Å². The van der Waals surface area contributed by atoms with Crippen LogP contribution in [0.4, 0.5) is 11.6 Å². The molecule has 1 aliphatic carbocycles. The third-order valence-corrected chi connectivity index (χ3v) is 3.31. The maximum absolute atomic E-state index is 9.31. The zero-order chi connectivity index (χ0) is 13.8. The standard InChI is InChI=1S/C12H21N5O2/c1-17(6-8-3-9(18)4-8)12-5-10(16-13)14-11(15-12)7-19-2/h5,8-9,18H,3-4,6-7,13H2,1-2H3,(H,14,15,16). The molecule has 0 aromatic carbocycles. The number of hydrogen-bond acceptors (Lipinski definition) is 7. The number of hydrogen-bond donors (Lipinski definition) is 3. The first-order valence-electron chi connectivity index (χ1n) is 6.35. The molecule has 0 saturated heterocycles. The van der Waals surface area contributed by atoms with Gasteiger partial charge >= 0.3 is 0 Å². The molecule has 7 heteroatoms. The lowest BCUT2D eigenvalue weighted by molar-refractivity contribution is 0.0464. The number of hydrazine groups is 1. The van der Waals surface area contributed by atoms with E-state index in [0.29, 0.717) is 24.2 Å². The zero-order valence-electron chi connectivity index (χ0n) is 11.3. The molecule has 0 unspecified atom stereocenters. The summed E-state index contributed by atoms with van der Waals surface area (Å²) in [5.74, 6) is 7.89. The van der Waals surface area contributed by atoms with Crippen molar-refractivity contribution in [2.75, 3.05) is 31.0 Å². The molecule has 1 aromatic heterocycles. The molecular weight excluding hydrogens is 246 g/mol. The Hall–Kier alpha value is -1.44. The summed E-state index contributed by atoms with van der Waals surface area (Å²) in [7, 11) is 3.58. The van der Waals surface area contributed by atoms with E-state index in [1.807, 2.05) is 7.05 Å². The number of ether oxygens (including phenoxy) is 1. The Morgan fingerprint density at radius 2 is 2.26 bits per heavy atom. The van der Waals surface area contributed by atoms with E-state index in [4.69, 9.17) is 10.6 Å². The molecule has 7 nitrogen and oxygen atoms in total. The van der Waals surface area contributed by atoms with Crippen LogP contribution in [0.1, 0.15) is 18.7 Å². The molecule has 1 aliphatic rings. The Kier molecular flexibility index (Phi) is 4.52. The lowest BCUT2D eigenvalue weighted by Gasteiger charge is -2.34. The maximum Gasteiger partial charge on any atom is 0.158 e. The molecule has 1 aromatic rings. The highest BCUT2D eigenvalue weighted by Gasteiger charge is 2.28. The van der Waals surface area contributed by atoms with Crippen molar-refractivity contribution >= 4 is 11.6 Å². The van der Waals surface area contributed by atoms with Crippen LogP contribution in [-0.4, -0.2) is 41.9 Å². The van der Waals surface area contributed by atoms with Gasteiger partial charge in [0.25, 0.3) is 0 Å². The fourth-order valence-corrected chi connectivity index (χ4v) is 2.28. The van der Waals surface area contributed by atoms with Crippen molar-refractivity contribution in [3.8, 4) is 0 Å². The predicted molar refractivity (Wildman–Crippen MR) is 72.6 cm³/mol. The molecule has 106 valence electrons. The van der Waals surface area contributed by atoms with Crippen molar-refractivity contribution in [3.63, 3.8) is 0 Å². The molecule has 0 aliphatic heterocycles. The molecular formula is C12H21N5O2. The number of aromatic nitrogens is 2. The van der Waals surface area contributed by atoms with Gasteiger partial charge < -0.3 is 20.2 Å². The lowest BCUT2D eigenvalue weighted by Crippen LogP contribution is -2.37. The summed E-state index contributed by atoms with van der Waals surface area (Å²) in [6.07, 6.45) is 1.60. The second kappa shape index (κ2) is 6.14. The van der Waals surface area contributed by atoms with Gasteiger partial charge in [-0.2, -0.15) is 0 Å². The number of anilines is 2. The van der Waals surface area contributed by atoms with Crippen LogP contribution in [0.5, 0.6) is 0 Å². The molecule has 4 N–H and O–H groups in total. The Balaban J connectivity index is 2.06. The highest BCUT2D eigenvalue weighted by Crippen LogP contribution is 2.29. The minimum atomic E-state index is -0.130. The van der Waals surface area contributed by atoms with E-state index in [0.717, 1.165) is 25.2 Å². The van der Waals surface area contributed by atoms with Crippen LogP contribution in [0.2, 0.25) is 0 Å². The summed E-state index contributed by atoms with van der Waals surface area (Å²) in [4.78, 5) is 10.7. The average Bonchev–Trinajstić information content (AvgIpc) is 2.36. The molecule has 0 spiro atoms. The largest absolute Gasteiger partial charge is 0.393 e. The first-order chi connectivity index (χ1) is 9.12. The molecule has 19 heavy (non-hydrogen) atoms. The number of aliphatic hydroxyl groups excluding tert-OH is 1. The van der Waals surface area contributed by atoms with Gasteiger partial charge in [0.2, 0.25) is 0 Å². The van der Waals surface area contributed by atoms with E-state index in [1.54, 1.807) is 13.2 Å². The minimum Gasteiger partial charge on any atom is -0.393 e. The van der Waals surface area contributed by atoms with Crippen molar-refractivity contribution in [1.29, 1.82) is 0 Å². The van der Waals surface area contributed by atoms with E-state index >= 15 is 0 Å². The number of aliphatic hydroxyl groups is 1. The van der Waals surface area contributed by atoms with Gasteiger partial charge in [0.1, 0.15) is 18.2 Å². The predicted octanol–water partition coefficient (Wildman–Crippen LogP) is 0.116. The monoisotopic (exact) mass is 267 g/mol. The fraction of sp³-hybridized carbons (Fsp3) is 0.667. The summed E-state index contributed by atoms with van der Waals surface area (Å²) in [6, 6.07) is 1.80. The normalized spacial score (nSPS) is 21.9. The van der Waals surface area contributed by atoms with Gasteiger partial charge in [0, 0.05) is 26.8 Å². The van der Waals surface area contributed by atoms with Crippen molar-refractivity contribution in [2.24, 2.45) is 11.8 Å². The van der Waals surface area contributed by atoms with Gasteiger partial charge in [0.15, 0.2) is 5.82 Å². The van der Waals surface area contributed by atoms with Crippen LogP contribution in [0.15, 0.2) is 6.07 Å². The average molecular weight is 267 g/mol. The van der Waals surface area contributed by atoms with E-state index in [1.165, 1.54) is 0 Å². The quantitative estimate of drug-likeness (QED) is 0.497. The van der Waals surface area contributed by atoms with E-state index in [-0.39, 0.29) is 6.10 Å². The van der Waals surface area contributed by atoms with Gasteiger partial charge in [-0.05, 0) is 18.8 Å². The second-order valence-corrected chi connectivity index (χ2v) is 4.98. The van der Waals surface area contributed by atoms with Crippen LogP contribution in [0, 0.1) is 5.92 Å². The Morgan fingerprint density at radius 1 is 1.53 bits per heavy atom. The van der Waals surface area contributed by atoms with Crippen LogP contribution in [-0.2, 0) is 11.3 Å². The number of methoxy groups -OCH3 is 1. The minimum absolute atomic E-state index is 0.130. The van der Waals surface area contributed by atoms with Crippen molar-refractivity contribution in [2.45, 2.75) is 25.6 Å². The van der Waals surface area contributed by atoms with Crippen LogP contribution in [0.25, 0.3) is 0 Å². The Bertz CT molecular complexity index is 423. The van der Waals surface area contributed by atoms with Crippen LogP contribution < -0.4 is 16.2 Å². The number of nitrogens with two attached hydrogens (primary N) is 1. The number of rotatable bonds is 6. The third kappa shape index (κ3) is 3.52. The summed E-state index contributed by atoms with van der Waals surface area (Å²) in [5, 5.41) is 9.31. The van der Waals surface area contributed by atoms with Crippen LogP contribution >= 0.6 is 0 Å². The summed E-state index contributed by atoms with van der Waals surface area (Å²) in [6.45, 7) is 1.21. The molecule has 1 heterocycles. The Labute approximate surface area is 112 Å². The zero-order valence-corrected chi connectivity index (χ0v) is 11.3. The van der Waals surface area contributed by atoms with Crippen molar-refractivity contribution < 1.29 is 9.84 Å². The Morgan fingerprint density at radius 3 is 2.84 bits per heavy atom. The molecule has 0 radical (unpaired) electrons. The molecule has 2 rings (SSSR count). The number of nitrogens with zero attached hydrogens (tertiary/aromatic N) is 3. The number of nitrogens with one attached hydrogen (secondary N) is 1. The first kappa shape index (κ1) is 14.0. The maximum atomic E-state index is 9.31. The van der Waals surface area contributed by atoms with Gasteiger partial charge in [-0.3, -0.25) is 0 Å². The third-order valence-electron chi connectivity index (χ3n) is 3.31. The summed E-state index contributed by atoms with van der Waals surface area (Å²) in [5.41, 5.74) is 2.54. The van der Waals surface area contributed by atoms with Gasteiger partial charge in [-0.25, -0.2) is 15.8 Å². The molecule has 0 bridgehead atoms. The molecule has 0 amide bonds. The van der Waals surface area contributed by atoms with E-state index < -0.39 is 0 Å². The smallest absolute Gasteiger partial charge is 0.158 e. The molecule has 0 atom stereocenters. The molecule has 1 saturated carbocycles. The SMILES string of the molecule is COCc1nc(NN)cc(N(C)CC2CC(O)C2)n1. The van der Waals surface area contributed by atoms with Gasteiger partial charge in [0.05, 0.1) is 6.10 Å². The lowest BCUT2D eigenvalue weighted by atomic mass is 9.82. The van der Waals surface area contributed by atoms with E-state index in [9.17, 15) is 5.11 Å². The second-order valence-electron chi connectivity index (χ2n) is 4.98. The van der Waals surface area contributed by atoms with Crippen molar-refractivity contribution in [3.05, 3.63) is 11.9 Å². The van der Waals surface area contributed by atoms with Gasteiger partial charge in [-0.15, -0.1) is 0 Å². The number of nitrogen functional groups attached to an aromatic ring is 1. The van der Waals surface area contributed by atoms with Gasteiger partial charge in [-0.1, -0.05) is 0 Å². The first-order valence-corrected chi connectivity index (χ1v) is 6.35. The molecule has 1 fully saturated rings. The van der Waals surface area contributed by atoms with Crippen LogP contribution in [0.3, 0.4) is 0 Å². The topological polar surface area (TPSA) is 96.5 Å². The fourth-order valence-electron chi connectivity index (χ4n) is 2.28. The summed E-state index contributed by atoms with van der Waals surface area (Å²) >= 11 is 0. The summed E-state index contributed by atoms with van der Waals surface area (Å²) < 4.78 is 5.04. The van der Waals surface area contributed by atoms with E-state index in [2.05, 4.69) is 20.3 Å².